The average molecular weight is 869 g/mol. The first-order valence-corrected chi connectivity index (χ1v) is 23.3. The third-order valence-electron chi connectivity index (χ3n) is 14.0. The Hall–Kier alpha value is -3.40. The van der Waals surface area contributed by atoms with Crippen molar-refractivity contribution >= 4 is 0 Å². The second kappa shape index (κ2) is 25.9. The molecule has 0 aromatic rings. The third kappa shape index (κ3) is 16.5. The van der Waals surface area contributed by atoms with Crippen LogP contribution in [-0.4, -0.2) is 76.1 Å². The molecule has 1 saturated heterocycles. The van der Waals surface area contributed by atoms with E-state index in [9.17, 15) is 25.5 Å². The summed E-state index contributed by atoms with van der Waals surface area (Å²) < 4.78 is 11.3. The third-order valence-corrected chi connectivity index (χ3v) is 14.0. The van der Waals surface area contributed by atoms with Crippen molar-refractivity contribution in [3.8, 4) is 0 Å². The standard InChI is InChI=1S/C56H84O7/c1-38(19-15-21-40(3)25-33-48-44(7)27-31-46(55(48,9)10)29-23-42(5)35-57)17-13-14-18-39(2)20-16-22-41(4)26-34-49-45(8)28-32-47(56(49,11)12)30-24-43(6)37-62-54-53(61)52(60)51(59)50(36-58)63-54/h13-25,27-28,33,46-54,57-61H,26,29-32,34-37H2,1-12H3/b14-13+,19-15+,20-16+,33-25+,38-17+,39-18+,40-21+,41-22+,42-23+,43-24+/t46?,47?,48?,49?,50-,51-,52+,53-,54-/m1/s1. The second-order valence-corrected chi connectivity index (χ2v) is 19.9. The highest BCUT2D eigenvalue weighted by Crippen LogP contribution is 2.49. The maximum atomic E-state index is 10.3. The Morgan fingerprint density at radius 2 is 1.21 bits per heavy atom. The molecular weight excluding hydrogens is 785 g/mol. The molecule has 0 aromatic heterocycles. The molecule has 63 heavy (non-hydrogen) atoms. The summed E-state index contributed by atoms with van der Waals surface area (Å²) in [6, 6.07) is 0. The van der Waals surface area contributed by atoms with Gasteiger partial charge in [-0.2, -0.15) is 0 Å². The van der Waals surface area contributed by atoms with E-state index >= 15 is 0 Å². The molecule has 3 aliphatic rings. The van der Waals surface area contributed by atoms with Crippen LogP contribution < -0.4 is 0 Å². The molecule has 7 heteroatoms. The second-order valence-electron chi connectivity index (χ2n) is 19.9. The molecule has 0 saturated carbocycles. The van der Waals surface area contributed by atoms with Crippen LogP contribution in [0.25, 0.3) is 0 Å². The van der Waals surface area contributed by atoms with E-state index < -0.39 is 37.3 Å². The van der Waals surface area contributed by atoms with Crippen LogP contribution in [-0.2, 0) is 9.47 Å². The van der Waals surface area contributed by atoms with Crippen LogP contribution in [0.4, 0.5) is 0 Å². The first-order valence-electron chi connectivity index (χ1n) is 23.3. The zero-order valence-electron chi connectivity index (χ0n) is 40.9. The monoisotopic (exact) mass is 869 g/mol. The predicted octanol–water partition coefficient (Wildman–Crippen LogP) is 11.5. The lowest BCUT2D eigenvalue weighted by Gasteiger charge is -2.45. The number of rotatable bonds is 20. The van der Waals surface area contributed by atoms with Crippen LogP contribution in [0.3, 0.4) is 0 Å². The van der Waals surface area contributed by atoms with Crippen molar-refractivity contribution in [2.75, 3.05) is 19.8 Å². The Morgan fingerprint density at radius 1 is 0.667 bits per heavy atom. The molecule has 3 rings (SSSR count). The highest BCUT2D eigenvalue weighted by atomic mass is 16.7. The molecule has 350 valence electrons. The van der Waals surface area contributed by atoms with E-state index in [0.717, 1.165) is 49.7 Å². The van der Waals surface area contributed by atoms with Gasteiger partial charge in [-0.25, -0.2) is 0 Å². The minimum absolute atomic E-state index is 0.110. The topological polar surface area (TPSA) is 120 Å². The zero-order valence-corrected chi connectivity index (χ0v) is 40.9. The van der Waals surface area contributed by atoms with Gasteiger partial charge in [-0.3, -0.25) is 0 Å². The number of ether oxygens (including phenoxy) is 2. The van der Waals surface area contributed by atoms with Gasteiger partial charge in [-0.15, -0.1) is 0 Å². The van der Waals surface area contributed by atoms with Gasteiger partial charge in [0.25, 0.3) is 0 Å². The molecule has 1 heterocycles. The van der Waals surface area contributed by atoms with Gasteiger partial charge < -0.3 is 35.0 Å². The molecule has 4 unspecified atom stereocenters. The van der Waals surface area contributed by atoms with Gasteiger partial charge in [0, 0.05) is 5.92 Å². The lowest BCUT2D eigenvalue weighted by Crippen LogP contribution is -2.59. The Balaban J connectivity index is 1.47. The summed E-state index contributed by atoms with van der Waals surface area (Å²) in [5.74, 6) is 1.88. The van der Waals surface area contributed by atoms with Crippen molar-refractivity contribution in [1.82, 2.24) is 0 Å². The fourth-order valence-corrected chi connectivity index (χ4v) is 9.27. The van der Waals surface area contributed by atoms with Crippen LogP contribution in [0.15, 0.2) is 142 Å². The quantitative estimate of drug-likeness (QED) is 0.0611. The lowest BCUT2D eigenvalue weighted by atomic mass is 9.60. The van der Waals surface area contributed by atoms with Crippen molar-refractivity contribution in [3.63, 3.8) is 0 Å². The Kier molecular flexibility index (Phi) is 22.2. The SMILES string of the molecule is CC1=CCC(C/C=C(\C)CO)C(C)(C)C1/C=C/C(C)=C/C=C/C(C)=C/C=C/C=C(C)/C=C/C=C(\C)CCC1C(C)=CCC(C/C=C(\C)CO[C@@H]2O[C@H](CO)[C@@H](O)[C@H](O)[C@H]2O)C1(C)C. The Bertz CT molecular complexity index is 1850. The Labute approximate surface area is 382 Å². The highest BCUT2D eigenvalue weighted by Gasteiger charge is 2.44. The summed E-state index contributed by atoms with van der Waals surface area (Å²) in [5.41, 5.74) is 10.2. The summed E-state index contributed by atoms with van der Waals surface area (Å²) in [6.45, 7) is 26.6. The van der Waals surface area contributed by atoms with Crippen molar-refractivity contribution in [2.24, 2.45) is 34.5 Å². The van der Waals surface area contributed by atoms with Crippen molar-refractivity contribution in [2.45, 2.75) is 152 Å². The van der Waals surface area contributed by atoms with E-state index in [2.05, 4.69) is 166 Å². The predicted molar refractivity (Wildman–Crippen MR) is 263 cm³/mol. The van der Waals surface area contributed by atoms with E-state index in [0.29, 0.717) is 23.7 Å². The van der Waals surface area contributed by atoms with E-state index in [4.69, 9.17) is 9.47 Å². The average Bonchev–Trinajstić information content (AvgIpc) is 3.22. The fourth-order valence-electron chi connectivity index (χ4n) is 9.27. The molecule has 0 amide bonds. The largest absolute Gasteiger partial charge is 0.394 e. The minimum Gasteiger partial charge on any atom is -0.394 e. The molecule has 0 radical (unpaired) electrons. The maximum absolute atomic E-state index is 10.3. The van der Waals surface area contributed by atoms with Gasteiger partial charge in [-0.1, -0.05) is 169 Å². The summed E-state index contributed by atoms with van der Waals surface area (Å²) in [7, 11) is 0. The van der Waals surface area contributed by atoms with Gasteiger partial charge in [0.1, 0.15) is 24.4 Å². The first-order chi connectivity index (χ1) is 29.7. The number of aliphatic hydroxyl groups is 5. The van der Waals surface area contributed by atoms with Gasteiger partial charge >= 0.3 is 0 Å². The van der Waals surface area contributed by atoms with Crippen molar-refractivity contribution in [1.29, 1.82) is 0 Å². The summed E-state index contributed by atoms with van der Waals surface area (Å²) in [6.07, 6.45) is 35.1. The lowest BCUT2D eigenvalue weighted by molar-refractivity contribution is -0.299. The van der Waals surface area contributed by atoms with Gasteiger partial charge in [-0.05, 0) is 122 Å². The molecule has 5 N–H and O–H groups in total. The van der Waals surface area contributed by atoms with Gasteiger partial charge in [0.05, 0.1) is 19.8 Å². The number of aliphatic hydroxyl groups excluding tert-OH is 5. The van der Waals surface area contributed by atoms with Crippen molar-refractivity contribution < 1.29 is 35.0 Å². The molecule has 1 fully saturated rings. The molecular formula is C56H84O7. The summed E-state index contributed by atoms with van der Waals surface area (Å²) >= 11 is 0. The molecule has 1 aliphatic heterocycles. The summed E-state index contributed by atoms with van der Waals surface area (Å²) in [4.78, 5) is 0. The number of allylic oxidation sites excluding steroid dienone is 22. The van der Waals surface area contributed by atoms with Crippen LogP contribution in [0.2, 0.25) is 0 Å². The van der Waals surface area contributed by atoms with E-state index in [1.807, 2.05) is 13.8 Å². The van der Waals surface area contributed by atoms with E-state index in [1.54, 1.807) is 0 Å². The normalized spacial score (nSPS) is 30.6. The van der Waals surface area contributed by atoms with Gasteiger partial charge in [0.2, 0.25) is 0 Å². The Morgan fingerprint density at radius 3 is 1.81 bits per heavy atom. The molecule has 7 nitrogen and oxygen atoms in total. The maximum Gasteiger partial charge on any atom is 0.187 e. The van der Waals surface area contributed by atoms with Crippen LogP contribution in [0.1, 0.15) is 122 Å². The van der Waals surface area contributed by atoms with Crippen molar-refractivity contribution in [3.05, 3.63) is 142 Å². The molecule has 0 spiro atoms. The number of hydrogen-bond acceptors (Lipinski definition) is 7. The number of hydrogen-bond donors (Lipinski definition) is 5. The zero-order chi connectivity index (χ0) is 46.9. The molecule has 0 aromatic carbocycles. The van der Waals surface area contributed by atoms with Crippen LogP contribution in [0, 0.1) is 34.5 Å². The van der Waals surface area contributed by atoms with E-state index in [1.165, 1.54) is 33.4 Å². The molecule has 2 aliphatic carbocycles. The molecule has 0 bridgehead atoms. The first kappa shape index (κ1) is 53.9. The smallest absolute Gasteiger partial charge is 0.187 e. The van der Waals surface area contributed by atoms with E-state index in [-0.39, 0.29) is 24.0 Å². The van der Waals surface area contributed by atoms with Crippen LogP contribution >= 0.6 is 0 Å². The molecule has 9 atom stereocenters. The van der Waals surface area contributed by atoms with Gasteiger partial charge in [0.15, 0.2) is 6.29 Å². The highest BCUT2D eigenvalue weighted by molar-refractivity contribution is 5.32. The minimum atomic E-state index is -1.45. The summed E-state index contributed by atoms with van der Waals surface area (Å²) in [5, 5.41) is 49.3. The fraction of sp³-hybridized carbons (Fsp3) is 0.571. The van der Waals surface area contributed by atoms with Crippen LogP contribution in [0.5, 0.6) is 0 Å².